The first kappa shape index (κ1) is 37.8. The third-order valence-corrected chi connectivity index (χ3v) is 16.4. The van der Waals surface area contributed by atoms with Gasteiger partial charge >= 0.3 is 0 Å². The van der Waals surface area contributed by atoms with Gasteiger partial charge in [-0.05, 0) is 80.8 Å². The standard InChI is InChI=1S/C56H50N2Si2/c1-59(2,3)43-33-29-41(30-34-43)57(53-27-15-19-39-17-7-9-21-45(39)53)55-37-51-48-24-12-14-26-50(48)56(38-52(51)47-23-11-13-25-49(47)55)58(42-31-35-44(36-32-42)60(4,5)6)54-28-16-20-40-18-8-10-22-46(40)54/h7-38H,1-6H3. The zero-order valence-corrected chi connectivity index (χ0v) is 37.4. The quantitative estimate of drug-likeness (QED) is 0.111. The second-order valence-corrected chi connectivity index (χ2v) is 28.4. The maximum absolute atomic E-state index is 2.50. The van der Waals surface area contributed by atoms with Gasteiger partial charge < -0.3 is 9.80 Å². The van der Waals surface area contributed by atoms with Crippen molar-refractivity contribution in [2.45, 2.75) is 39.3 Å². The monoisotopic (exact) mass is 806 g/mol. The van der Waals surface area contributed by atoms with Crippen LogP contribution >= 0.6 is 0 Å². The normalized spacial score (nSPS) is 12.2. The van der Waals surface area contributed by atoms with Crippen molar-refractivity contribution in [1.29, 1.82) is 0 Å². The average molecular weight is 807 g/mol. The lowest BCUT2D eigenvalue weighted by molar-refractivity contribution is 1.31. The zero-order valence-electron chi connectivity index (χ0n) is 35.4. The molecule has 4 heteroatoms. The van der Waals surface area contributed by atoms with Gasteiger partial charge in [0.2, 0.25) is 0 Å². The molecule has 60 heavy (non-hydrogen) atoms. The van der Waals surface area contributed by atoms with E-state index in [4.69, 9.17) is 0 Å². The minimum absolute atomic E-state index is 1.16. The lowest BCUT2D eigenvalue weighted by atomic mass is 9.93. The Kier molecular flexibility index (Phi) is 9.23. The highest BCUT2D eigenvalue weighted by molar-refractivity contribution is 6.89. The molecule has 0 fully saturated rings. The highest BCUT2D eigenvalue weighted by Crippen LogP contribution is 2.49. The molecule has 0 N–H and O–H groups in total. The van der Waals surface area contributed by atoms with Crippen molar-refractivity contribution in [3.63, 3.8) is 0 Å². The Morgan fingerprint density at radius 3 is 0.950 bits per heavy atom. The summed E-state index contributed by atoms with van der Waals surface area (Å²) >= 11 is 0. The number of fused-ring (bicyclic) bond motifs is 7. The molecule has 292 valence electrons. The Morgan fingerprint density at radius 1 is 0.267 bits per heavy atom. The molecule has 0 saturated heterocycles. The molecule has 0 saturated carbocycles. The summed E-state index contributed by atoms with van der Waals surface area (Å²) in [5.41, 5.74) is 6.98. The van der Waals surface area contributed by atoms with Crippen LogP contribution in [0.3, 0.4) is 0 Å². The van der Waals surface area contributed by atoms with Crippen molar-refractivity contribution in [2.75, 3.05) is 9.80 Å². The van der Waals surface area contributed by atoms with Crippen molar-refractivity contribution in [3.05, 3.63) is 194 Å². The highest BCUT2D eigenvalue weighted by atomic mass is 28.3. The van der Waals surface area contributed by atoms with Crippen molar-refractivity contribution in [3.8, 4) is 0 Å². The van der Waals surface area contributed by atoms with Gasteiger partial charge in [-0.25, -0.2) is 0 Å². The number of hydrogen-bond acceptors (Lipinski definition) is 2. The molecule has 10 aromatic rings. The summed E-state index contributed by atoms with van der Waals surface area (Å²) in [6.07, 6.45) is 0. The molecule has 2 nitrogen and oxygen atoms in total. The van der Waals surface area contributed by atoms with Crippen LogP contribution < -0.4 is 20.2 Å². The van der Waals surface area contributed by atoms with Gasteiger partial charge in [0.1, 0.15) is 0 Å². The lowest BCUT2D eigenvalue weighted by Gasteiger charge is -2.31. The smallest absolute Gasteiger partial charge is 0.0775 e. The highest BCUT2D eigenvalue weighted by Gasteiger charge is 2.25. The summed E-state index contributed by atoms with van der Waals surface area (Å²) in [7, 11) is -3.03. The first-order chi connectivity index (χ1) is 29.0. The summed E-state index contributed by atoms with van der Waals surface area (Å²) in [6, 6.07) is 72.7. The first-order valence-corrected chi connectivity index (χ1v) is 28.2. The minimum atomic E-state index is -1.52. The Labute approximate surface area is 356 Å². The molecule has 0 atom stereocenters. The molecule has 0 radical (unpaired) electrons. The van der Waals surface area contributed by atoms with Crippen LogP contribution in [0.15, 0.2) is 194 Å². The van der Waals surface area contributed by atoms with E-state index in [0.29, 0.717) is 0 Å². The second-order valence-electron chi connectivity index (χ2n) is 18.2. The SMILES string of the molecule is C[Si](C)(C)c1ccc(N(c2cccc3ccccc23)c2cc3c4ccccc4c(N(c4ccc([Si](C)(C)C)cc4)c4cccc5ccccc45)cc3c3ccccc23)cc1. The number of hydrogen-bond donors (Lipinski definition) is 0. The first-order valence-electron chi connectivity index (χ1n) is 21.2. The largest absolute Gasteiger partial charge is 0.309 e. The van der Waals surface area contributed by atoms with Crippen molar-refractivity contribution >= 4 is 115 Å². The number of nitrogens with zero attached hydrogens (tertiary/aromatic N) is 2. The second kappa shape index (κ2) is 14.7. The molecule has 0 amide bonds. The Morgan fingerprint density at radius 2 is 0.583 bits per heavy atom. The van der Waals surface area contributed by atoms with E-state index in [1.165, 1.54) is 87.0 Å². The molecule has 10 aromatic carbocycles. The van der Waals surface area contributed by atoms with Crippen LogP contribution in [0.5, 0.6) is 0 Å². The fraction of sp³-hybridized carbons (Fsp3) is 0.107. The van der Waals surface area contributed by atoms with Crippen molar-refractivity contribution in [1.82, 2.24) is 0 Å². The van der Waals surface area contributed by atoms with Crippen LogP contribution in [0, 0.1) is 0 Å². The minimum Gasteiger partial charge on any atom is -0.309 e. The van der Waals surface area contributed by atoms with Crippen LogP contribution in [0.4, 0.5) is 34.1 Å². The van der Waals surface area contributed by atoms with Crippen LogP contribution in [-0.4, -0.2) is 16.1 Å². The van der Waals surface area contributed by atoms with Crippen LogP contribution in [0.1, 0.15) is 0 Å². The molecule has 0 unspecified atom stereocenters. The van der Waals surface area contributed by atoms with Gasteiger partial charge in [0, 0.05) is 32.9 Å². The molecule has 0 aliphatic heterocycles. The van der Waals surface area contributed by atoms with Gasteiger partial charge in [-0.1, -0.05) is 195 Å². The van der Waals surface area contributed by atoms with E-state index in [9.17, 15) is 0 Å². The topological polar surface area (TPSA) is 6.48 Å². The van der Waals surface area contributed by atoms with Gasteiger partial charge in [0.15, 0.2) is 0 Å². The molecule has 10 rings (SSSR count). The third-order valence-electron chi connectivity index (χ3n) is 12.3. The van der Waals surface area contributed by atoms with Crippen molar-refractivity contribution < 1.29 is 0 Å². The van der Waals surface area contributed by atoms with Gasteiger partial charge in [0.05, 0.1) is 38.9 Å². The summed E-state index contributed by atoms with van der Waals surface area (Å²) in [6.45, 7) is 14.5. The number of benzene rings is 10. The van der Waals surface area contributed by atoms with E-state index in [0.717, 1.165) is 11.4 Å². The van der Waals surface area contributed by atoms with Gasteiger partial charge in [-0.2, -0.15) is 0 Å². The van der Waals surface area contributed by atoms with Crippen LogP contribution in [0.25, 0.3) is 53.9 Å². The lowest BCUT2D eigenvalue weighted by Crippen LogP contribution is -2.37. The van der Waals surface area contributed by atoms with Gasteiger partial charge in [-0.3, -0.25) is 0 Å². The molecule has 0 heterocycles. The molecular formula is C56H50N2Si2. The third kappa shape index (κ3) is 6.57. The van der Waals surface area contributed by atoms with E-state index in [-0.39, 0.29) is 0 Å². The fourth-order valence-electron chi connectivity index (χ4n) is 9.13. The molecule has 0 aromatic heterocycles. The number of anilines is 6. The van der Waals surface area contributed by atoms with Gasteiger partial charge in [-0.15, -0.1) is 0 Å². The summed E-state index contributed by atoms with van der Waals surface area (Å²) in [5, 5.41) is 15.2. The van der Waals surface area contributed by atoms with E-state index < -0.39 is 16.1 Å². The maximum atomic E-state index is 2.50. The van der Waals surface area contributed by atoms with Gasteiger partial charge in [0.25, 0.3) is 0 Å². The van der Waals surface area contributed by atoms with E-state index in [2.05, 4.69) is 243 Å². The van der Waals surface area contributed by atoms with E-state index >= 15 is 0 Å². The predicted molar refractivity (Wildman–Crippen MR) is 269 cm³/mol. The van der Waals surface area contributed by atoms with E-state index in [1.807, 2.05) is 0 Å². The molecule has 0 spiro atoms. The Bertz CT molecular complexity index is 3000. The summed E-state index contributed by atoms with van der Waals surface area (Å²) < 4.78 is 0. The molecule has 0 bridgehead atoms. The Hall–Kier alpha value is -6.47. The predicted octanol–water partition coefficient (Wildman–Crippen LogP) is 15.5. The summed E-state index contributed by atoms with van der Waals surface area (Å²) in [4.78, 5) is 5.01. The summed E-state index contributed by atoms with van der Waals surface area (Å²) in [5.74, 6) is 0. The molecule has 0 aliphatic carbocycles. The van der Waals surface area contributed by atoms with Crippen molar-refractivity contribution in [2.24, 2.45) is 0 Å². The molecular weight excluding hydrogens is 757 g/mol. The zero-order chi connectivity index (χ0) is 41.2. The Balaban J connectivity index is 1.28. The van der Waals surface area contributed by atoms with Crippen LogP contribution in [0.2, 0.25) is 39.3 Å². The number of rotatable bonds is 8. The average Bonchev–Trinajstić information content (AvgIpc) is 3.27. The van der Waals surface area contributed by atoms with Crippen LogP contribution in [-0.2, 0) is 0 Å². The maximum Gasteiger partial charge on any atom is 0.0775 e. The fourth-order valence-corrected chi connectivity index (χ4v) is 11.5. The molecule has 0 aliphatic rings. The van der Waals surface area contributed by atoms with E-state index in [1.54, 1.807) is 0 Å².